The molecule has 0 aliphatic rings. The van der Waals surface area contributed by atoms with E-state index in [0.717, 1.165) is 38.9 Å². The van der Waals surface area contributed by atoms with Gasteiger partial charge in [-0.05, 0) is 78.1 Å². The monoisotopic (exact) mass is 870 g/mol. The third kappa shape index (κ3) is 11.1. The highest BCUT2D eigenvalue weighted by atomic mass is 17.0. The number of carbonyl (C=O) groups is 2. The minimum absolute atomic E-state index is 0.0476. The van der Waals surface area contributed by atoms with Crippen molar-refractivity contribution in [3.05, 3.63) is 177 Å². The number of rotatable bonds is 20. The molecular weight excluding hydrogens is 819 g/mol. The first-order valence-electron chi connectivity index (χ1n) is 21.0. The zero-order valence-electron chi connectivity index (χ0n) is 36.4. The van der Waals surface area contributed by atoms with Gasteiger partial charge in [-0.3, -0.25) is 4.79 Å². The van der Waals surface area contributed by atoms with E-state index >= 15 is 0 Å². The number of esters is 1. The zero-order chi connectivity index (χ0) is 45.9. The molecule has 1 N–H and O–H groups in total. The molecule has 1 amide bonds. The molecule has 16 heteroatoms. The molecule has 6 aromatic rings. The van der Waals surface area contributed by atoms with Crippen molar-refractivity contribution in [2.24, 2.45) is 5.92 Å². The molecule has 1 heterocycles. The van der Waals surface area contributed by atoms with E-state index in [4.69, 9.17) is 20.3 Å². The molecule has 0 aliphatic carbocycles. The fraction of sp³-hybridized carbons (Fsp3) is 0.312. The van der Waals surface area contributed by atoms with Crippen LogP contribution in [0, 0.1) is 20.9 Å². The van der Waals surface area contributed by atoms with E-state index in [0.29, 0.717) is 5.82 Å². The van der Waals surface area contributed by atoms with Crippen molar-refractivity contribution >= 4 is 11.9 Å². The van der Waals surface area contributed by atoms with Crippen molar-refractivity contribution in [1.29, 1.82) is 0 Å². The van der Waals surface area contributed by atoms with Crippen molar-refractivity contribution in [1.82, 2.24) is 25.1 Å². The smallest absolute Gasteiger partial charge is 0.458 e. The highest BCUT2D eigenvalue weighted by molar-refractivity contribution is 5.85. The highest BCUT2D eigenvalue weighted by Gasteiger charge is 2.41. The first kappa shape index (κ1) is 46.0. The van der Waals surface area contributed by atoms with E-state index in [1.54, 1.807) is 25.6 Å². The van der Waals surface area contributed by atoms with Gasteiger partial charge in [-0.25, -0.2) is 10.0 Å². The molecule has 0 saturated carbocycles. The van der Waals surface area contributed by atoms with E-state index in [9.17, 15) is 24.6 Å². The van der Waals surface area contributed by atoms with Crippen LogP contribution in [0.25, 0.3) is 22.5 Å². The fourth-order valence-electron chi connectivity index (χ4n) is 7.79. The van der Waals surface area contributed by atoms with E-state index in [-0.39, 0.29) is 31.7 Å². The second-order valence-corrected chi connectivity index (χ2v) is 16.6. The van der Waals surface area contributed by atoms with Gasteiger partial charge in [0.1, 0.15) is 23.2 Å². The Morgan fingerprint density at radius 2 is 1.31 bits per heavy atom. The molecule has 5 aromatic carbocycles. The van der Waals surface area contributed by atoms with Gasteiger partial charge in [0.05, 0.1) is 0 Å². The number of hydrogen-bond acceptors (Lipinski definition) is 11. The molecule has 1 unspecified atom stereocenters. The van der Waals surface area contributed by atoms with E-state index in [2.05, 4.69) is 51.2 Å². The Balaban J connectivity index is 1.31. The first-order valence-corrected chi connectivity index (χ1v) is 21.0. The van der Waals surface area contributed by atoms with Gasteiger partial charge in [0.2, 0.25) is 17.8 Å². The summed E-state index contributed by atoms with van der Waals surface area (Å²) in [5.74, 6) is -0.896. The Kier molecular flexibility index (Phi) is 14.8. The number of carbonyl (C=O) groups excluding carboxylic acids is 2. The standard InChI is InChI=1S/C48H52N7O9/c1-34(2)44(46(57)63-47(3,4)5)52(43(56)27-17-24-40(64-55(60)61)33-62-54(58)59)32-35-28-30-36(31-29-35)41-25-15-16-26-42(41)45-49-51-53(50-45)48(37-18-9-6-10-19-37,38-20-11-7-12-21-38)39-22-13-8-14-23-39/h6-16,18-23,25-26,28-31,34,40,44H,17,24,27,32-33H2,1-5H3,(H,60,61)/q+1/t40?,44-/m0/s1. The summed E-state index contributed by atoms with van der Waals surface area (Å²) in [6, 6.07) is 44.7. The molecule has 64 heavy (non-hydrogen) atoms. The normalized spacial score (nSPS) is 12.5. The average Bonchev–Trinajstić information content (AvgIpc) is 3.76. The summed E-state index contributed by atoms with van der Waals surface area (Å²) < 4.78 is 5.78. The number of aromatic nitrogens is 4. The number of hydrogen-bond donors (Lipinski definition) is 1. The van der Waals surface area contributed by atoms with E-state index in [1.165, 1.54) is 4.90 Å². The van der Waals surface area contributed by atoms with Gasteiger partial charge in [0, 0.05) is 18.5 Å². The Bertz CT molecular complexity index is 2400. The molecule has 0 aliphatic heterocycles. The highest BCUT2D eigenvalue weighted by Crippen LogP contribution is 2.40. The van der Waals surface area contributed by atoms with Crippen LogP contribution in [0.4, 0.5) is 0 Å². The predicted octanol–water partition coefficient (Wildman–Crippen LogP) is 8.39. The van der Waals surface area contributed by atoms with Gasteiger partial charge in [0.25, 0.3) is 5.09 Å². The summed E-state index contributed by atoms with van der Waals surface area (Å²) in [7, 11) is 0. The Morgan fingerprint density at radius 1 is 0.781 bits per heavy atom. The van der Waals surface area contributed by atoms with Gasteiger partial charge in [0.15, 0.2) is 5.54 Å². The first-order chi connectivity index (χ1) is 30.7. The lowest BCUT2D eigenvalue weighted by Gasteiger charge is -2.35. The molecule has 2 atom stereocenters. The van der Waals surface area contributed by atoms with Crippen LogP contribution in [0.5, 0.6) is 0 Å². The Morgan fingerprint density at radius 3 is 1.81 bits per heavy atom. The second kappa shape index (κ2) is 20.6. The van der Waals surface area contributed by atoms with Crippen LogP contribution in [-0.4, -0.2) is 76.7 Å². The predicted molar refractivity (Wildman–Crippen MR) is 235 cm³/mol. The Hall–Kier alpha value is -7.49. The second-order valence-electron chi connectivity index (χ2n) is 16.6. The summed E-state index contributed by atoms with van der Waals surface area (Å²) >= 11 is 0. The summed E-state index contributed by atoms with van der Waals surface area (Å²) in [4.78, 5) is 61.8. The third-order valence-electron chi connectivity index (χ3n) is 10.5. The van der Waals surface area contributed by atoms with Gasteiger partial charge in [-0.2, -0.15) is 4.84 Å². The van der Waals surface area contributed by atoms with Crippen LogP contribution in [0.3, 0.4) is 0 Å². The van der Waals surface area contributed by atoms with Crippen LogP contribution in [-0.2, 0) is 36.1 Å². The number of tetrazole rings is 1. The van der Waals surface area contributed by atoms with Crippen molar-refractivity contribution in [2.45, 2.75) is 83.7 Å². The summed E-state index contributed by atoms with van der Waals surface area (Å²) in [6.07, 6.45) is -1.29. The third-order valence-corrected chi connectivity index (χ3v) is 10.5. The topological polar surface area (TPSA) is 192 Å². The maximum absolute atomic E-state index is 14.1. The SMILES string of the molecule is CC(C)[C@@H](C(=O)OC(C)(C)C)N(Cc1ccc(-c2ccccc2-c2nnn(C(c3ccccc3)(c3ccccc3)c3ccccc3)n2)cc1)C(=O)CCCC(CO[N+](=O)[O-])O[N+](=O)O. The lowest BCUT2D eigenvalue weighted by atomic mass is 9.77. The Labute approximate surface area is 371 Å². The van der Waals surface area contributed by atoms with Crippen LogP contribution < -0.4 is 0 Å². The minimum atomic E-state index is -1.21. The largest absolute Gasteiger partial charge is 0.475 e. The fourth-order valence-corrected chi connectivity index (χ4v) is 7.79. The van der Waals surface area contributed by atoms with Crippen molar-refractivity contribution in [3.8, 4) is 22.5 Å². The number of amides is 1. The molecule has 0 spiro atoms. The molecule has 6 rings (SSSR count). The van der Waals surface area contributed by atoms with Gasteiger partial charge >= 0.3 is 11.1 Å². The number of nitrogens with zero attached hydrogens (tertiary/aromatic N) is 7. The summed E-state index contributed by atoms with van der Waals surface area (Å²) in [5.41, 5.74) is 4.26. The van der Waals surface area contributed by atoms with Gasteiger partial charge < -0.3 is 14.5 Å². The van der Waals surface area contributed by atoms with Crippen molar-refractivity contribution < 1.29 is 39.4 Å². The molecule has 0 bridgehead atoms. The maximum Gasteiger partial charge on any atom is 0.475 e. The van der Waals surface area contributed by atoms with E-state index < -0.39 is 51.9 Å². The quantitative estimate of drug-likeness (QED) is 0.0334. The van der Waals surface area contributed by atoms with Crippen molar-refractivity contribution in [3.63, 3.8) is 0 Å². The van der Waals surface area contributed by atoms with Gasteiger partial charge in [-0.1, -0.05) is 153 Å². The zero-order valence-corrected chi connectivity index (χ0v) is 36.4. The van der Waals surface area contributed by atoms with Crippen LogP contribution in [0.1, 0.15) is 76.1 Å². The molecule has 0 saturated heterocycles. The maximum atomic E-state index is 14.1. The van der Waals surface area contributed by atoms with Crippen molar-refractivity contribution in [2.75, 3.05) is 6.61 Å². The molecule has 0 radical (unpaired) electrons. The molecule has 332 valence electrons. The molecule has 16 nitrogen and oxygen atoms in total. The van der Waals surface area contributed by atoms with Crippen LogP contribution in [0.2, 0.25) is 0 Å². The molecule has 1 aromatic heterocycles. The number of benzene rings is 5. The summed E-state index contributed by atoms with van der Waals surface area (Å²) in [6.45, 7) is 8.31. The molecular formula is C48H52N7O9+. The lowest BCUT2D eigenvalue weighted by Crippen LogP contribution is -2.49. The van der Waals surface area contributed by atoms with E-state index in [1.807, 2.05) is 117 Å². The lowest BCUT2D eigenvalue weighted by molar-refractivity contribution is -0.983. The average molecular weight is 871 g/mol. The molecule has 0 fully saturated rings. The number of ether oxygens (including phenoxy) is 1. The summed E-state index contributed by atoms with van der Waals surface area (Å²) in [5, 5.41) is 32.5. The van der Waals surface area contributed by atoms with Crippen LogP contribution >= 0.6 is 0 Å². The minimum Gasteiger partial charge on any atom is -0.458 e. The van der Waals surface area contributed by atoms with Crippen LogP contribution in [0.15, 0.2) is 140 Å². The van der Waals surface area contributed by atoms with Gasteiger partial charge in [-0.15, -0.1) is 25.1 Å².